The van der Waals surface area contributed by atoms with Gasteiger partial charge in [0.2, 0.25) is 0 Å². The Morgan fingerprint density at radius 3 is 2.46 bits per heavy atom. The van der Waals surface area contributed by atoms with Gasteiger partial charge in [0.15, 0.2) is 0 Å². The van der Waals surface area contributed by atoms with Crippen molar-refractivity contribution >= 4 is 24.8 Å². The predicted octanol–water partition coefficient (Wildman–Crippen LogP) is 1.69. The van der Waals surface area contributed by atoms with Crippen LogP contribution >= 0.6 is 24.8 Å². The van der Waals surface area contributed by atoms with Gasteiger partial charge in [0.1, 0.15) is 5.75 Å². The molecule has 0 bridgehead atoms. The fourth-order valence-electron chi connectivity index (χ4n) is 0.851. The molecule has 1 N–H and O–H groups in total. The van der Waals surface area contributed by atoms with E-state index in [9.17, 15) is 5.11 Å². The Morgan fingerprint density at radius 1 is 1.38 bits per heavy atom. The van der Waals surface area contributed by atoms with Gasteiger partial charge in [-0.25, -0.2) is 0 Å². The molecule has 0 saturated carbocycles. The number of hydrogen-bond donors (Lipinski definition) is 1. The number of pyridine rings is 1. The van der Waals surface area contributed by atoms with E-state index in [-0.39, 0.29) is 30.6 Å². The smallest absolute Gasteiger partial charge is 0.138 e. The molecule has 1 aromatic rings. The van der Waals surface area contributed by atoms with Gasteiger partial charge in [-0.1, -0.05) is 0 Å². The minimum Gasteiger partial charge on any atom is -0.506 e. The predicted molar refractivity (Wildman–Crippen MR) is 57.8 cm³/mol. The van der Waals surface area contributed by atoms with Gasteiger partial charge in [-0.3, -0.25) is 4.98 Å². The zero-order chi connectivity index (χ0) is 8.27. The van der Waals surface area contributed by atoms with Crippen LogP contribution in [0.3, 0.4) is 0 Å². The van der Waals surface area contributed by atoms with Crippen LogP contribution in [-0.2, 0) is 6.54 Å². The van der Waals surface area contributed by atoms with Gasteiger partial charge in [0.25, 0.3) is 0 Å². The van der Waals surface area contributed by atoms with Crippen LogP contribution in [0.1, 0.15) is 5.69 Å². The van der Waals surface area contributed by atoms with Gasteiger partial charge < -0.3 is 10.0 Å². The molecular formula is C8H14Cl2N2O. The SMILES string of the molecule is CN(C)Cc1ncccc1O.Cl.Cl. The van der Waals surface area contributed by atoms with Crippen molar-refractivity contribution in [2.75, 3.05) is 14.1 Å². The van der Waals surface area contributed by atoms with Crippen LogP contribution in [0.25, 0.3) is 0 Å². The van der Waals surface area contributed by atoms with Crippen molar-refractivity contribution in [2.45, 2.75) is 6.54 Å². The molecular weight excluding hydrogens is 211 g/mol. The zero-order valence-corrected chi connectivity index (χ0v) is 9.23. The van der Waals surface area contributed by atoms with Crippen LogP contribution in [-0.4, -0.2) is 29.1 Å². The second-order valence-electron chi connectivity index (χ2n) is 2.71. The maximum atomic E-state index is 9.27. The minimum atomic E-state index is 0. The summed E-state index contributed by atoms with van der Waals surface area (Å²) >= 11 is 0. The summed E-state index contributed by atoms with van der Waals surface area (Å²) in [5, 5.41) is 9.27. The molecule has 0 spiro atoms. The molecule has 0 aliphatic carbocycles. The first kappa shape index (κ1) is 15.0. The molecule has 1 aromatic heterocycles. The van der Waals surface area contributed by atoms with Crippen molar-refractivity contribution in [1.82, 2.24) is 9.88 Å². The van der Waals surface area contributed by atoms with E-state index in [1.165, 1.54) is 0 Å². The van der Waals surface area contributed by atoms with Crippen molar-refractivity contribution in [2.24, 2.45) is 0 Å². The molecule has 0 aliphatic rings. The Balaban J connectivity index is 0. The Kier molecular flexibility index (Phi) is 8.01. The topological polar surface area (TPSA) is 36.4 Å². The normalized spacial score (nSPS) is 8.85. The van der Waals surface area contributed by atoms with E-state index >= 15 is 0 Å². The van der Waals surface area contributed by atoms with Gasteiger partial charge in [0, 0.05) is 12.7 Å². The van der Waals surface area contributed by atoms with Crippen molar-refractivity contribution in [3.05, 3.63) is 24.0 Å². The lowest BCUT2D eigenvalue weighted by molar-refractivity contribution is 0.378. The van der Waals surface area contributed by atoms with E-state index in [4.69, 9.17) is 0 Å². The Hall–Kier alpha value is -0.510. The van der Waals surface area contributed by atoms with Crippen LogP contribution in [0.5, 0.6) is 5.75 Å². The fraction of sp³-hybridized carbons (Fsp3) is 0.375. The molecule has 0 radical (unpaired) electrons. The highest BCUT2D eigenvalue weighted by Gasteiger charge is 2.00. The van der Waals surface area contributed by atoms with Crippen molar-refractivity contribution < 1.29 is 5.11 Å². The summed E-state index contributed by atoms with van der Waals surface area (Å²) in [5.41, 5.74) is 0.720. The number of rotatable bonds is 2. The third-order valence-corrected chi connectivity index (χ3v) is 1.33. The van der Waals surface area contributed by atoms with Gasteiger partial charge in [-0.2, -0.15) is 0 Å². The van der Waals surface area contributed by atoms with Crippen LogP contribution in [0.15, 0.2) is 18.3 Å². The number of halogens is 2. The van der Waals surface area contributed by atoms with Gasteiger partial charge >= 0.3 is 0 Å². The van der Waals surface area contributed by atoms with Crippen LogP contribution in [0.2, 0.25) is 0 Å². The molecule has 0 amide bonds. The lowest BCUT2D eigenvalue weighted by Gasteiger charge is -2.08. The molecule has 0 unspecified atom stereocenters. The van der Waals surface area contributed by atoms with Crippen LogP contribution in [0, 0.1) is 0 Å². The second kappa shape index (κ2) is 6.95. The monoisotopic (exact) mass is 224 g/mol. The summed E-state index contributed by atoms with van der Waals surface area (Å²) < 4.78 is 0. The number of aromatic nitrogens is 1. The molecule has 0 atom stereocenters. The molecule has 13 heavy (non-hydrogen) atoms. The Labute approximate surface area is 90.6 Å². The van der Waals surface area contributed by atoms with Gasteiger partial charge in [0.05, 0.1) is 5.69 Å². The standard InChI is InChI=1S/C8H12N2O.2ClH/c1-10(2)6-7-8(11)4-3-5-9-7;;/h3-5,11H,6H2,1-2H3;2*1H. The Morgan fingerprint density at radius 2 is 2.00 bits per heavy atom. The average Bonchev–Trinajstić information content (AvgIpc) is 1.93. The van der Waals surface area contributed by atoms with E-state index < -0.39 is 0 Å². The first-order valence-corrected chi connectivity index (χ1v) is 3.47. The molecule has 0 fully saturated rings. The maximum Gasteiger partial charge on any atom is 0.138 e. The van der Waals surface area contributed by atoms with Crippen molar-refractivity contribution in [3.63, 3.8) is 0 Å². The summed E-state index contributed by atoms with van der Waals surface area (Å²) in [5.74, 6) is 0.265. The molecule has 0 aromatic carbocycles. The molecule has 0 aliphatic heterocycles. The highest BCUT2D eigenvalue weighted by Crippen LogP contribution is 2.12. The second-order valence-corrected chi connectivity index (χ2v) is 2.71. The summed E-state index contributed by atoms with van der Waals surface area (Å²) in [6.07, 6.45) is 1.68. The first-order chi connectivity index (χ1) is 5.20. The fourth-order valence-corrected chi connectivity index (χ4v) is 0.851. The van der Waals surface area contributed by atoms with Crippen molar-refractivity contribution in [3.8, 4) is 5.75 Å². The number of nitrogens with zero attached hydrogens (tertiary/aromatic N) is 2. The summed E-state index contributed by atoms with van der Waals surface area (Å²) in [6.45, 7) is 0.673. The first-order valence-electron chi connectivity index (χ1n) is 3.47. The van der Waals surface area contributed by atoms with Crippen LogP contribution in [0.4, 0.5) is 0 Å². The van der Waals surface area contributed by atoms with E-state index in [1.807, 2.05) is 19.0 Å². The highest BCUT2D eigenvalue weighted by molar-refractivity contribution is 5.85. The molecule has 3 nitrogen and oxygen atoms in total. The van der Waals surface area contributed by atoms with Crippen molar-refractivity contribution in [1.29, 1.82) is 0 Å². The number of hydrogen-bond acceptors (Lipinski definition) is 3. The lowest BCUT2D eigenvalue weighted by Crippen LogP contribution is -2.11. The number of aromatic hydroxyl groups is 1. The molecule has 1 rings (SSSR count). The lowest BCUT2D eigenvalue weighted by atomic mass is 10.3. The van der Waals surface area contributed by atoms with Gasteiger partial charge in [-0.05, 0) is 26.2 Å². The largest absolute Gasteiger partial charge is 0.506 e. The maximum absolute atomic E-state index is 9.27. The molecule has 1 heterocycles. The van der Waals surface area contributed by atoms with Gasteiger partial charge in [-0.15, -0.1) is 24.8 Å². The average molecular weight is 225 g/mol. The molecule has 0 saturated heterocycles. The summed E-state index contributed by atoms with van der Waals surface area (Å²) in [4.78, 5) is 5.99. The van der Waals surface area contributed by atoms with E-state index in [1.54, 1.807) is 18.3 Å². The van der Waals surface area contributed by atoms with E-state index in [0.717, 1.165) is 5.69 Å². The van der Waals surface area contributed by atoms with E-state index in [0.29, 0.717) is 6.54 Å². The summed E-state index contributed by atoms with van der Waals surface area (Å²) in [7, 11) is 3.88. The minimum absolute atomic E-state index is 0. The highest BCUT2D eigenvalue weighted by atomic mass is 35.5. The molecule has 76 valence electrons. The third kappa shape index (κ3) is 4.93. The zero-order valence-electron chi connectivity index (χ0n) is 7.60. The van der Waals surface area contributed by atoms with E-state index in [2.05, 4.69) is 4.98 Å². The molecule has 5 heteroatoms. The van der Waals surface area contributed by atoms with Crippen LogP contribution < -0.4 is 0 Å². The Bertz CT molecular complexity index is 243. The quantitative estimate of drug-likeness (QED) is 0.832. The third-order valence-electron chi connectivity index (χ3n) is 1.33. The summed E-state index contributed by atoms with van der Waals surface area (Å²) in [6, 6.07) is 3.36.